The van der Waals surface area contributed by atoms with E-state index in [0.717, 1.165) is 11.1 Å². The van der Waals surface area contributed by atoms with Crippen LogP contribution < -0.4 is 9.47 Å². The molecule has 8 nitrogen and oxygen atoms in total. The molecule has 0 amide bonds. The first kappa shape index (κ1) is 28.0. The summed E-state index contributed by atoms with van der Waals surface area (Å²) in [6.07, 6.45) is 2.95. The molecule has 3 rings (SSSR count). The molecule has 1 heterocycles. The van der Waals surface area contributed by atoms with Gasteiger partial charge in [0.25, 0.3) is 0 Å². The average molecular weight is 520 g/mol. The molecule has 1 unspecified atom stereocenters. The highest BCUT2D eigenvalue weighted by Crippen LogP contribution is 2.45. The van der Waals surface area contributed by atoms with Crippen molar-refractivity contribution in [2.45, 2.75) is 58.3 Å². The van der Waals surface area contributed by atoms with Gasteiger partial charge < -0.3 is 18.9 Å². The van der Waals surface area contributed by atoms with Gasteiger partial charge in [-0.15, -0.1) is 0 Å². The number of hydrogen-bond donors (Lipinski definition) is 0. The number of ether oxygens (including phenoxy) is 4. The van der Waals surface area contributed by atoms with Crippen LogP contribution in [0.15, 0.2) is 48.5 Å². The fourth-order valence-electron chi connectivity index (χ4n) is 4.27. The van der Waals surface area contributed by atoms with Gasteiger partial charge in [0.05, 0.1) is 18.9 Å². The Morgan fingerprint density at radius 2 is 1.89 bits per heavy atom. The number of rotatable bonds is 13. The number of carbonyl (C=O) groups is 1. The fraction of sp³-hybridized carbons (Fsp3) is 0.519. The van der Waals surface area contributed by atoms with Crippen LogP contribution in [0, 0.1) is 0 Å². The van der Waals surface area contributed by atoms with Crippen molar-refractivity contribution in [3.63, 3.8) is 0 Å². The number of sulfonamides is 1. The predicted molar refractivity (Wildman–Crippen MR) is 138 cm³/mol. The zero-order valence-corrected chi connectivity index (χ0v) is 22.4. The molecule has 1 atom stereocenters. The van der Waals surface area contributed by atoms with Crippen molar-refractivity contribution in [3.8, 4) is 11.5 Å². The maximum atomic E-state index is 12.9. The van der Waals surface area contributed by atoms with E-state index in [1.807, 2.05) is 62.4 Å². The van der Waals surface area contributed by atoms with Gasteiger partial charge in [0, 0.05) is 25.1 Å². The number of nitrogens with zero attached hydrogens (tertiary/aromatic N) is 1. The van der Waals surface area contributed by atoms with Crippen LogP contribution in [-0.2, 0) is 30.9 Å². The molecule has 1 aliphatic heterocycles. The normalized spacial score (nSPS) is 16.8. The summed E-state index contributed by atoms with van der Waals surface area (Å²) in [6.45, 7) is 6.98. The van der Waals surface area contributed by atoms with Gasteiger partial charge in [0.1, 0.15) is 30.3 Å². The van der Waals surface area contributed by atoms with Crippen molar-refractivity contribution >= 4 is 16.0 Å². The quantitative estimate of drug-likeness (QED) is 0.284. The fourth-order valence-corrected chi connectivity index (χ4v) is 5.38. The van der Waals surface area contributed by atoms with Crippen LogP contribution in [0.2, 0.25) is 0 Å². The highest BCUT2D eigenvalue weighted by Gasteiger charge is 2.40. The van der Waals surface area contributed by atoms with E-state index < -0.39 is 21.6 Å². The molecular weight excluding hydrogens is 482 g/mol. The Bertz CT molecular complexity index is 1100. The van der Waals surface area contributed by atoms with Gasteiger partial charge in [0.2, 0.25) is 10.0 Å². The molecule has 0 bridgehead atoms. The lowest BCUT2D eigenvalue weighted by molar-refractivity contribution is -0.148. The molecule has 0 spiro atoms. The highest BCUT2D eigenvalue weighted by atomic mass is 32.2. The van der Waals surface area contributed by atoms with Crippen molar-refractivity contribution in [2.75, 3.05) is 32.6 Å². The third-order valence-electron chi connectivity index (χ3n) is 5.88. The van der Waals surface area contributed by atoms with Gasteiger partial charge in [0.15, 0.2) is 0 Å². The zero-order chi connectivity index (χ0) is 26.2. The van der Waals surface area contributed by atoms with Gasteiger partial charge in [-0.2, -0.15) is 4.31 Å². The number of unbranched alkanes of at least 4 members (excludes halogenated alkanes) is 1. The van der Waals surface area contributed by atoms with Gasteiger partial charge in [-0.25, -0.2) is 13.2 Å². The molecule has 0 aromatic heterocycles. The van der Waals surface area contributed by atoms with E-state index in [1.54, 1.807) is 11.2 Å². The summed E-state index contributed by atoms with van der Waals surface area (Å²) in [5.74, 6) is 0.919. The lowest BCUT2D eigenvalue weighted by atomic mass is 9.89. The van der Waals surface area contributed by atoms with Crippen molar-refractivity contribution in [1.82, 2.24) is 4.31 Å². The van der Waals surface area contributed by atoms with Gasteiger partial charge >= 0.3 is 5.97 Å². The number of hydrogen-bond acceptors (Lipinski definition) is 7. The summed E-state index contributed by atoms with van der Waals surface area (Å²) in [5.41, 5.74) is 1.31. The smallest absolute Gasteiger partial charge is 0.332 e. The van der Waals surface area contributed by atoms with E-state index in [0.29, 0.717) is 57.1 Å². The lowest BCUT2D eigenvalue weighted by Gasteiger charge is -2.41. The minimum atomic E-state index is -3.52. The van der Waals surface area contributed by atoms with Gasteiger partial charge in [-0.1, -0.05) is 30.3 Å². The molecule has 36 heavy (non-hydrogen) atoms. The Morgan fingerprint density at radius 1 is 1.14 bits per heavy atom. The summed E-state index contributed by atoms with van der Waals surface area (Å²) in [7, 11) is -3.52. The first-order valence-corrected chi connectivity index (χ1v) is 14.1. The third kappa shape index (κ3) is 8.21. The summed E-state index contributed by atoms with van der Waals surface area (Å²) in [6, 6.07) is 15.1. The molecule has 2 aromatic rings. The Kier molecular flexibility index (Phi) is 9.76. The van der Waals surface area contributed by atoms with E-state index in [1.165, 1.54) is 6.26 Å². The minimum absolute atomic E-state index is 0.100. The SMILES string of the molecule is CCOC(=O)COCCCCN(C1CC(C)(C)Oc2ccc(OCc3ccccc3)cc21)S(C)(=O)=O. The Morgan fingerprint density at radius 3 is 2.58 bits per heavy atom. The van der Waals surface area contributed by atoms with E-state index in [2.05, 4.69) is 0 Å². The standard InChI is InChI=1S/C27H37NO7S/c1-5-33-26(29)20-32-16-10-9-15-28(36(4,30)31)24-18-27(2,3)35-25-14-13-22(17-23(24)25)34-19-21-11-7-6-8-12-21/h6-8,11-14,17,24H,5,9-10,15-16,18-20H2,1-4H3. The van der Waals surface area contributed by atoms with Gasteiger partial charge in [-0.3, -0.25) is 0 Å². The predicted octanol–water partition coefficient (Wildman–Crippen LogP) is 4.49. The van der Waals surface area contributed by atoms with Crippen molar-refractivity contribution in [1.29, 1.82) is 0 Å². The second-order valence-corrected chi connectivity index (χ2v) is 11.4. The maximum absolute atomic E-state index is 12.9. The van der Waals surface area contributed by atoms with Crippen molar-refractivity contribution in [2.24, 2.45) is 0 Å². The summed E-state index contributed by atoms with van der Waals surface area (Å²) >= 11 is 0. The van der Waals surface area contributed by atoms with Crippen molar-refractivity contribution in [3.05, 3.63) is 59.7 Å². The largest absolute Gasteiger partial charge is 0.489 e. The number of benzene rings is 2. The van der Waals surface area contributed by atoms with E-state index in [9.17, 15) is 13.2 Å². The third-order valence-corrected chi connectivity index (χ3v) is 7.16. The second kappa shape index (κ2) is 12.6. The second-order valence-electron chi connectivity index (χ2n) is 9.49. The Hall–Kier alpha value is -2.62. The average Bonchev–Trinajstić information content (AvgIpc) is 2.81. The lowest BCUT2D eigenvalue weighted by Crippen LogP contribution is -2.43. The van der Waals surface area contributed by atoms with Crippen LogP contribution in [0.25, 0.3) is 0 Å². The molecular formula is C27H37NO7S. The molecule has 0 fully saturated rings. The maximum Gasteiger partial charge on any atom is 0.332 e. The summed E-state index contributed by atoms with van der Waals surface area (Å²) < 4.78 is 49.7. The van der Waals surface area contributed by atoms with E-state index in [4.69, 9.17) is 18.9 Å². The summed E-state index contributed by atoms with van der Waals surface area (Å²) in [4.78, 5) is 11.4. The number of esters is 1. The number of carbonyl (C=O) groups excluding carboxylic acids is 1. The molecule has 0 radical (unpaired) electrons. The molecule has 9 heteroatoms. The molecule has 198 valence electrons. The first-order valence-electron chi connectivity index (χ1n) is 12.3. The van der Waals surface area contributed by atoms with Crippen LogP contribution in [-0.4, -0.2) is 56.9 Å². The molecule has 2 aromatic carbocycles. The topological polar surface area (TPSA) is 91.4 Å². The van der Waals surface area contributed by atoms with Gasteiger partial charge in [-0.05, 0) is 57.4 Å². The van der Waals surface area contributed by atoms with Crippen molar-refractivity contribution < 1.29 is 32.2 Å². The molecule has 0 aliphatic carbocycles. The van der Waals surface area contributed by atoms with Crippen LogP contribution in [0.5, 0.6) is 11.5 Å². The number of fused-ring (bicyclic) bond motifs is 1. The summed E-state index contributed by atoms with van der Waals surface area (Å²) in [5, 5.41) is 0. The van der Waals surface area contributed by atoms with Crippen LogP contribution in [0.4, 0.5) is 0 Å². The minimum Gasteiger partial charge on any atom is -0.489 e. The van der Waals surface area contributed by atoms with E-state index >= 15 is 0 Å². The molecule has 0 N–H and O–H groups in total. The van der Waals surface area contributed by atoms with Crippen LogP contribution >= 0.6 is 0 Å². The molecule has 1 aliphatic rings. The highest BCUT2D eigenvalue weighted by molar-refractivity contribution is 7.88. The Labute approximate surface area is 214 Å². The Balaban J connectivity index is 1.72. The molecule has 0 saturated carbocycles. The zero-order valence-electron chi connectivity index (χ0n) is 21.6. The van der Waals surface area contributed by atoms with Crippen LogP contribution in [0.3, 0.4) is 0 Å². The monoisotopic (exact) mass is 519 g/mol. The molecule has 0 saturated heterocycles. The van der Waals surface area contributed by atoms with Crippen LogP contribution in [0.1, 0.15) is 57.2 Å². The van der Waals surface area contributed by atoms with E-state index in [-0.39, 0.29) is 12.6 Å². The first-order chi connectivity index (χ1) is 17.1.